The van der Waals surface area contributed by atoms with Crippen LogP contribution >= 0.6 is 0 Å². The first kappa shape index (κ1) is 20.5. The molecular weight excluding hydrogens is 412 g/mol. The predicted molar refractivity (Wildman–Crippen MR) is 121 cm³/mol. The number of aryl methyl sites for hydroxylation is 1. The summed E-state index contributed by atoms with van der Waals surface area (Å²) in [5, 5.41) is 9.86. The SMILES string of the molecule is CC1C[C@H](n2ccc3c(NC4CCc5ccccc54)ccnc32)C[C@H]1COS(N)(=O)=O. The molecule has 0 amide bonds. The minimum Gasteiger partial charge on any atom is -0.378 e. The van der Waals surface area contributed by atoms with Gasteiger partial charge in [-0.3, -0.25) is 4.18 Å². The van der Waals surface area contributed by atoms with E-state index in [9.17, 15) is 8.42 Å². The maximum Gasteiger partial charge on any atom is 0.333 e. The van der Waals surface area contributed by atoms with Crippen LogP contribution in [-0.2, 0) is 20.9 Å². The molecule has 7 nitrogen and oxygen atoms in total. The number of benzene rings is 1. The number of pyridine rings is 1. The lowest BCUT2D eigenvalue weighted by Gasteiger charge is -2.17. The normalized spacial score (nSPS) is 25.7. The van der Waals surface area contributed by atoms with Gasteiger partial charge in [-0.05, 0) is 60.8 Å². The Bertz CT molecular complexity index is 1210. The summed E-state index contributed by atoms with van der Waals surface area (Å²) in [5.74, 6) is 0.498. The molecule has 5 rings (SSSR count). The Labute approximate surface area is 182 Å². The molecule has 0 saturated heterocycles. The molecule has 4 atom stereocenters. The molecule has 1 fully saturated rings. The van der Waals surface area contributed by atoms with Gasteiger partial charge in [-0.1, -0.05) is 31.2 Å². The summed E-state index contributed by atoms with van der Waals surface area (Å²) in [6.07, 6.45) is 7.96. The molecule has 164 valence electrons. The second-order valence-corrected chi connectivity index (χ2v) is 10.1. The average Bonchev–Trinajstić information content (AvgIpc) is 3.43. The Morgan fingerprint density at radius 3 is 2.90 bits per heavy atom. The van der Waals surface area contributed by atoms with Crippen molar-refractivity contribution in [3.63, 3.8) is 0 Å². The van der Waals surface area contributed by atoms with Crippen molar-refractivity contribution in [1.82, 2.24) is 9.55 Å². The van der Waals surface area contributed by atoms with E-state index in [1.165, 1.54) is 11.1 Å². The molecule has 3 aromatic rings. The number of hydrogen-bond donors (Lipinski definition) is 2. The molecule has 2 aliphatic carbocycles. The molecule has 0 aliphatic heterocycles. The molecule has 1 saturated carbocycles. The van der Waals surface area contributed by atoms with Crippen LogP contribution in [0.25, 0.3) is 11.0 Å². The first-order chi connectivity index (χ1) is 14.9. The number of nitrogens with zero attached hydrogens (tertiary/aromatic N) is 2. The predicted octanol–water partition coefficient (Wildman–Crippen LogP) is 3.94. The van der Waals surface area contributed by atoms with Crippen LogP contribution in [0.1, 0.15) is 49.4 Å². The summed E-state index contributed by atoms with van der Waals surface area (Å²) >= 11 is 0. The van der Waals surface area contributed by atoms with Gasteiger partial charge in [-0.25, -0.2) is 10.1 Å². The molecule has 0 bridgehead atoms. The van der Waals surface area contributed by atoms with E-state index in [0.29, 0.717) is 12.0 Å². The largest absolute Gasteiger partial charge is 0.378 e. The molecule has 2 unspecified atom stereocenters. The lowest BCUT2D eigenvalue weighted by Crippen LogP contribution is -2.21. The third-order valence-electron chi connectivity index (χ3n) is 6.94. The number of nitrogens with two attached hydrogens (primary N) is 1. The monoisotopic (exact) mass is 440 g/mol. The van der Waals surface area contributed by atoms with E-state index in [0.717, 1.165) is 42.4 Å². The van der Waals surface area contributed by atoms with Crippen molar-refractivity contribution < 1.29 is 12.6 Å². The second-order valence-electron chi connectivity index (χ2n) is 8.89. The van der Waals surface area contributed by atoms with Crippen molar-refractivity contribution in [2.75, 3.05) is 11.9 Å². The number of aromatic nitrogens is 2. The highest BCUT2D eigenvalue weighted by Crippen LogP contribution is 2.42. The lowest BCUT2D eigenvalue weighted by atomic mass is 10.00. The Balaban J connectivity index is 1.37. The Morgan fingerprint density at radius 2 is 2.06 bits per heavy atom. The first-order valence-electron chi connectivity index (χ1n) is 10.9. The summed E-state index contributed by atoms with van der Waals surface area (Å²) in [7, 11) is -3.91. The van der Waals surface area contributed by atoms with Crippen LogP contribution in [-0.4, -0.2) is 24.6 Å². The van der Waals surface area contributed by atoms with Crippen LogP contribution in [0.15, 0.2) is 48.8 Å². The molecule has 3 N–H and O–H groups in total. The van der Waals surface area contributed by atoms with Crippen LogP contribution in [0.3, 0.4) is 0 Å². The van der Waals surface area contributed by atoms with E-state index in [-0.39, 0.29) is 18.6 Å². The van der Waals surface area contributed by atoms with Gasteiger partial charge in [0.15, 0.2) is 0 Å². The first-order valence-corrected chi connectivity index (χ1v) is 12.3. The summed E-state index contributed by atoms with van der Waals surface area (Å²) in [4.78, 5) is 4.68. The van der Waals surface area contributed by atoms with Gasteiger partial charge in [0.2, 0.25) is 0 Å². The van der Waals surface area contributed by atoms with Gasteiger partial charge in [0.25, 0.3) is 0 Å². The average molecular weight is 441 g/mol. The van der Waals surface area contributed by atoms with Crippen molar-refractivity contribution >= 4 is 27.0 Å². The molecule has 0 radical (unpaired) electrons. The Morgan fingerprint density at radius 1 is 1.23 bits per heavy atom. The van der Waals surface area contributed by atoms with E-state index < -0.39 is 10.3 Å². The van der Waals surface area contributed by atoms with Crippen LogP contribution in [0.4, 0.5) is 5.69 Å². The van der Waals surface area contributed by atoms with Gasteiger partial charge in [0.05, 0.1) is 12.6 Å². The standard InChI is InChI=1S/C23H28N4O3S/c1-15-12-18(13-17(15)14-30-31(24,28)29)27-11-9-20-22(8-10-25-23(20)27)26-21-7-6-16-4-2-3-5-19(16)21/h2-5,8-11,15,17-18,21H,6-7,12-14H2,1H3,(H,25,26)(H2,24,28,29)/t15?,17-,18-,21?/m0/s1. The maximum atomic E-state index is 11.2. The molecule has 0 spiro atoms. The smallest absolute Gasteiger partial charge is 0.333 e. The lowest BCUT2D eigenvalue weighted by molar-refractivity contribution is 0.226. The molecule has 1 aromatic carbocycles. The zero-order valence-corrected chi connectivity index (χ0v) is 18.4. The van der Waals surface area contributed by atoms with Gasteiger partial charge < -0.3 is 9.88 Å². The van der Waals surface area contributed by atoms with Crippen LogP contribution < -0.4 is 10.5 Å². The number of fused-ring (bicyclic) bond motifs is 2. The van der Waals surface area contributed by atoms with Gasteiger partial charge >= 0.3 is 10.3 Å². The van der Waals surface area contributed by atoms with Crippen molar-refractivity contribution in [1.29, 1.82) is 0 Å². The third-order valence-corrected chi connectivity index (χ3v) is 7.41. The highest BCUT2D eigenvalue weighted by molar-refractivity contribution is 7.84. The zero-order valence-electron chi connectivity index (χ0n) is 17.6. The number of nitrogens with one attached hydrogen (secondary N) is 1. The van der Waals surface area contributed by atoms with Crippen LogP contribution in [0.2, 0.25) is 0 Å². The quantitative estimate of drug-likeness (QED) is 0.605. The summed E-state index contributed by atoms with van der Waals surface area (Å²) in [6, 6.07) is 13.4. The highest BCUT2D eigenvalue weighted by Gasteiger charge is 2.34. The topological polar surface area (TPSA) is 99.2 Å². The number of anilines is 1. The van der Waals surface area contributed by atoms with Crippen molar-refractivity contribution in [2.24, 2.45) is 17.0 Å². The van der Waals surface area contributed by atoms with Crippen molar-refractivity contribution in [3.05, 3.63) is 59.9 Å². The van der Waals surface area contributed by atoms with Gasteiger partial charge in [0, 0.05) is 29.5 Å². The van der Waals surface area contributed by atoms with E-state index in [1.807, 2.05) is 12.3 Å². The summed E-state index contributed by atoms with van der Waals surface area (Å²) < 4.78 is 29.4. The van der Waals surface area contributed by atoms with E-state index >= 15 is 0 Å². The third kappa shape index (κ3) is 4.07. The van der Waals surface area contributed by atoms with E-state index in [1.54, 1.807) is 0 Å². The minimum absolute atomic E-state index is 0.136. The molecule has 31 heavy (non-hydrogen) atoms. The van der Waals surface area contributed by atoms with Gasteiger partial charge in [0.1, 0.15) is 5.65 Å². The molecular formula is C23H28N4O3S. The molecule has 8 heteroatoms. The molecule has 2 aliphatic rings. The number of hydrogen-bond acceptors (Lipinski definition) is 5. The molecule has 2 aromatic heterocycles. The van der Waals surface area contributed by atoms with E-state index in [4.69, 9.17) is 9.32 Å². The fourth-order valence-electron chi connectivity index (χ4n) is 5.31. The summed E-state index contributed by atoms with van der Waals surface area (Å²) in [5.41, 5.74) is 4.87. The number of rotatable bonds is 6. The fourth-order valence-corrected chi connectivity index (χ4v) is 5.68. The van der Waals surface area contributed by atoms with Crippen molar-refractivity contribution in [2.45, 2.75) is 44.7 Å². The highest BCUT2D eigenvalue weighted by atomic mass is 32.2. The van der Waals surface area contributed by atoms with Crippen LogP contribution in [0, 0.1) is 11.8 Å². The molecule has 2 heterocycles. The fraction of sp³-hybridized carbons (Fsp3) is 0.435. The van der Waals surface area contributed by atoms with E-state index in [2.05, 4.69) is 58.3 Å². The zero-order chi connectivity index (χ0) is 21.6. The van der Waals surface area contributed by atoms with Gasteiger partial charge in [-0.15, -0.1) is 0 Å². The van der Waals surface area contributed by atoms with Crippen molar-refractivity contribution in [3.8, 4) is 0 Å². The second kappa shape index (κ2) is 7.93. The van der Waals surface area contributed by atoms with Crippen LogP contribution in [0.5, 0.6) is 0 Å². The Hall–Kier alpha value is -2.42. The van der Waals surface area contributed by atoms with Gasteiger partial charge in [-0.2, -0.15) is 8.42 Å². The maximum absolute atomic E-state index is 11.2. The summed E-state index contributed by atoms with van der Waals surface area (Å²) in [6.45, 7) is 2.28. The Kier molecular flexibility index (Phi) is 5.24. The minimum atomic E-state index is -3.91.